The summed E-state index contributed by atoms with van der Waals surface area (Å²) in [7, 11) is -4.07. The number of carboxylic acid groups (broad SMARTS) is 1. The second-order valence-corrected chi connectivity index (χ2v) is 9.80. The number of nitrogens with zero attached hydrogens (tertiary/aromatic N) is 1. The Balaban J connectivity index is 1.55. The van der Waals surface area contributed by atoms with E-state index in [1.807, 2.05) is 30.3 Å². The van der Waals surface area contributed by atoms with E-state index in [9.17, 15) is 27.9 Å². The van der Waals surface area contributed by atoms with Gasteiger partial charge in [0.05, 0.1) is 32.6 Å². The van der Waals surface area contributed by atoms with Crippen LogP contribution in [-0.4, -0.2) is 26.2 Å². The van der Waals surface area contributed by atoms with Crippen molar-refractivity contribution in [1.29, 1.82) is 0 Å². The molecule has 7 nitrogen and oxygen atoms in total. The van der Waals surface area contributed by atoms with Crippen molar-refractivity contribution in [2.24, 2.45) is 0 Å². The van der Waals surface area contributed by atoms with Crippen molar-refractivity contribution in [3.8, 4) is 11.1 Å². The van der Waals surface area contributed by atoms with Crippen LogP contribution in [0.1, 0.15) is 31.1 Å². The first kappa shape index (κ1) is 22.2. The molecule has 0 N–H and O–H groups in total. The molecule has 172 valence electrons. The summed E-state index contributed by atoms with van der Waals surface area (Å²) in [5.41, 5.74) is 1.82. The number of hydrogen-bond donors (Lipinski definition) is 0. The van der Waals surface area contributed by atoms with Gasteiger partial charge in [0, 0.05) is 5.56 Å². The van der Waals surface area contributed by atoms with Crippen molar-refractivity contribution in [2.45, 2.75) is 9.79 Å². The Labute approximate surface area is 200 Å². The number of carbonyl (C=O) groups excluding carboxylic acids is 3. The fourth-order valence-corrected chi connectivity index (χ4v) is 5.33. The van der Waals surface area contributed by atoms with E-state index in [-0.39, 0.29) is 26.5 Å². The van der Waals surface area contributed by atoms with Crippen LogP contribution in [0.5, 0.6) is 0 Å². The van der Waals surface area contributed by atoms with Crippen LogP contribution in [0.4, 0.5) is 5.69 Å². The molecule has 0 saturated heterocycles. The first-order valence-electron chi connectivity index (χ1n) is 10.5. The fourth-order valence-electron chi connectivity index (χ4n) is 4.04. The van der Waals surface area contributed by atoms with E-state index >= 15 is 0 Å². The lowest BCUT2D eigenvalue weighted by Gasteiger charge is -2.18. The van der Waals surface area contributed by atoms with E-state index in [2.05, 4.69) is 0 Å². The Morgan fingerprint density at radius 1 is 0.657 bits per heavy atom. The number of carboxylic acids is 1. The van der Waals surface area contributed by atoms with Gasteiger partial charge in [0.1, 0.15) is 0 Å². The van der Waals surface area contributed by atoms with Gasteiger partial charge in [-0.2, -0.15) is 0 Å². The maximum absolute atomic E-state index is 13.4. The highest BCUT2D eigenvalue weighted by molar-refractivity contribution is 7.91. The minimum absolute atomic E-state index is 0.0229. The molecule has 0 aliphatic carbocycles. The molecule has 0 aromatic heterocycles. The van der Waals surface area contributed by atoms with Crippen molar-refractivity contribution in [3.05, 3.63) is 114 Å². The highest BCUT2D eigenvalue weighted by Gasteiger charge is 2.38. The highest BCUT2D eigenvalue weighted by Crippen LogP contribution is 2.37. The number of hydrogen-bond acceptors (Lipinski definition) is 6. The first-order valence-corrected chi connectivity index (χ1v) is 12.0. The quantitative estimate of drug-likeness (QED) is 0.403. The molecule has 0 radical (unpaired) electrons. The number of amides is 2. The van der Waals surface area contributed by atoms with Crippen molar-refractivity contribution < 1.29 is 27.9 Å². The minimum atomic E-state index is -4.07. The van der Waals surface area contributed by atoms with Crippen molar-refractivity contribution in [1.82, 2.24) is 0 Å². The summed E-state index contributed by atoms with van der Waals surface area (Å²) in [5, 5.41) is 11.0. The van der Waals surface area contributed by atoms with Crippen LogP contribution in [0, 0.1) is 0 Å². The zero-order valence-corrected chi connectivity index (χ0v) is 18.9. The highest BCUT2D eigenvalue weighted by atomic mass is 32.2. The summed E-state index contributed by atoms with van der Waals surface area (Å²) in [5.74, 6) is -2.60. The molecule has 5 rings (SSSR count). The number of para-hydroxylation sites is 1. The largest absolute Gasteiger partial charge is 0.545 e. The van der Waals surface area contributed by atoms with Crippen LogP contribution < -0.4 is 10.0 Å². The monoisotopic (exact) mass is 482 g/mol. The average Bonchev–Trinajstić information content (AvgIpc) is 3.13. The van der Waals surface area contributed by atoms with Gasteiger partial charge in [0.2, 0.25) is 9.84 Å². The van der Waals surface area contributed by atoms with Gasteiger partial charge in [-0.05, 0) is 47.5 Å². The zero-order chi connectivity index (χ0) is 24.7. The van der Waals surface area contributed by atoms with Crippen LogP contribution in [0.15, 0.2) is 107 Å². The maximum Gasteiger partial charge on any atom is 0.266 e. The minimum Gasteiger partial charge on any atom is -0.545 e. The maximum atomic E-state index is 13.4. The van der Waals surface area contributed by atoms with E-state index < -0.39 is 27.6 Å². The van der Waals surface area contributed by atoms with E-state index in [0.29, 0.717) is 11.3 Å². The molecular formula is C27H16NO6S-. The van der Waals surface area contributed by atoms with Crippen LogP contribution in [-0.2, 0) is 9.84 Å². The average molecular weight is 482 g/mol. The van der Waals surface area contributed by atoms with Crippen molar-refractivity contribution in [2.75, 3.05) is 4.90 Å². The van der Waals surface area contributed by atoms with E-state index in [1.54, 1.807) is 24.3 Å². The molecule has 1 aliphatic heterocycles. The van der Waals surface area contributed by atoms with Gasteiger partial charge in [-0.1, -0.05) is 60.7 Å². The van der Waals surface area contributed by atoms with Gasteiger partial charge in [-0.25, -0.2) is 13.3 Å². The molecule has 35 heavy (non-hydrogen) atoms. The molecule has 1 heterocycles. The SMILES string of the molecule is O=C([O-])c1ccc(S(=O)(=O)c2ccc3c(c2)C(=O)N(c2ccccc2-c2ccccc2)C3=O)cc1. The fraction of sp³-hybridized carbons (Fsp3) is 0. The van der Waals surface area contributed by atoms with Gasteiger partial charge in [0.15, 0.2) is 0 Å². The lowest BCUT2D eigenvalue weighted by atomic mass is 10.0. The Kier molecular flexibility index (Phi) is 5.30. The molecule has 0 spiro atoms. The molecule has 4 aromatic carbocycles. The van der Waals surface area contributed by atoms with Gasteiger partial charge in [-0.15, -0.1) is 0 Å². The van der Waals surface area contributed by atoms with E-state index in [0.717, 1.165) is 34.7 Å². The number of rotatable bonds is 5. The number of benzene rings is 4. The molecular weight excluding hydrogens is 466 g/mol. The van der Waals surface area contributed by atoms with Gasteiger partial charge < -0.3 is 9.90 Å². The lowest BCUT2D eigenvalue weighted by molar-refractivity contribution is -0.255. The number of aromatic carboxylic acids is 1. The number of fused-ring (bicyclic) bond motifs is 1. The van der Waals surface area contributed by atoms with Crippen LogP contribution in [0.3, 0.4) is 0 Å². The van der Waals surface area contributed by atoms with E-state index in [1.165, 1.54) is 18.2 Å². The third-order valence-corrected chi connectivity index (χ3v) is 7.57. The second kappa shape index (κ2) is 8.34. The molecule has 8 heteroatoms. The topological polar surface area (TPSA) is 112 Å². The van der Waals surface area contributed by atoms with Crippen molar-refractivity contribution in [3.63, 3.8) is 0 Å². The predicted octanol–water partition coefficient (Wildman–Crippen LogP) is 3.35. The Morgan fingerprint density at radius 3 is 1.94 bits per heavy atom. The van der Waals surface area contributed by atoms with Gasteiger partial charge >= 0.3 is 0 Å². The van der Waals surface area contributed by atoms with Gasteiger partial charge in [0.25, 0.3) is 11.8 Å². The molecule has 4 aromatic rings. The summed E-state index contributed by atoms with van der Waals surface area (Å²) in [6, 6.07) is 24.6. The second-order valence-electron chi connectivity index (χ2n) is 7.85. The molecule has 0 atom stereocenters. The molecule has 0 unspecified atom stereocenters. The Hall–Kier alpha value is -4.56. The molecule has 2 amide bonds. The number of carbonyl (C=O) groups is 3. The molecule has 0 bridgehead atoms. The summed E-state index contributed by atoms with van der Waals surface area (Å²) in [4.78, 5) is 38.3. The predicted molar refractivity (Wildman–Crippen MR) is 126 cm³/mol. The van der Waals surface area contributed by atoms with Crippen molar-refractivity contribution >= 4 is 33.3 Å². The Morgan fingerprint density at radius 2 is 1.26 bits per heavy atom. The Bertz CT molecular complexity index is 1610. The summed E-state index contributed by atoms with van der Waals surface area (Å²) in [6.07, 6.45) is 0. The zero-order valence-electron chi connectivity index (χ0n) is 18.0. The van der Waals surface area contributed by atoms with Crippen LogP contribution in [0.2, 0.25) is 0 Å². The smallest absolute Gasteiger partial charge is 0.266 e. The standard InChI is InChI=1S/C27H17NO6S/c29-25-22-15-14-20(35(33,34)19-12-10-18(11-13-19)27(31)32)16-23(22)26(30)28(25)24-9-5-4-8-21(24)17-6-2-1-3-7-17/h1-16H,(H,31,32)/p-1. The normalized spacial score (nSPS) is 13.1. The number of imide groups is 1. The third-order valence-electron chi connectivity index (χ3n) is 5.80. The number of anilines is 1. The summed E-state index contributed by atoms with van der Waals surface area (Å²) in [6.45, 7) is 0. The first-order chi connectivity index (χ1) is 16.8. The molecule has 0 saturated carbocycles. The number of sulfone groups is 1. The third kappa shape index (κ3) is 3.70. The van der Waals surface area contributed by atoms with Crippen LogP contribution in [0.25, 0.3) is 11.1 Å². The lowest BCUT2D eigenvalue weighted by Crippen LogP contribution is -2.29. The summed E-state index contributed by atoms with van der Waals surface area (Å²) >= 11 is 0. The molecule has 1 aliphatic rings. The van der Waals surface area contributed by atoms with E-state index in [4.69, 9.17) is 0 Å². The van der Waals surface area contributed by atoms with Gasteiger partial charge in [-0.3, -0.25) is 9.59 Å². The molecule has 0 fully saturated rings. The summed E-state index contributed by atoms with van der Waals surface area (Å²) < 4.78 is 26.2. The van der Waals surface area contributed by atoms with Crippen LogP contribution >= 0.6 is 0 Å².